The Bertz CT molecular complexity index is 293. The number of hydrogen-bond acceptors (Lipinski definition) is 3. The van der Waals surface area contributed by atoms with Gasteiger partial charge in [0.25, 0.3) is 0 Å². The van der Waals surface area contributed by atoms with Crippen molar-refractivity contribution in [3.63, 3.8) is 0 Å². The van der Waals surface area contributed by atoms with Crippen LogP contribution in [-0.2, 0) is 0 Å². The molecular weight excluding hydrogens is 178 g/mol. The Hall–Kier alpha value is -1.08. The first-order valence-corrected chi connectivity index (χ1v) is 5.02. The number of likely N-dealkylation sites (tertiary alicyclic amines) is 1. The van der Waals surface area contributed by atoms with Crippen molar-refractivity contribution in [2.24, 2.45) is 11.3 Å². The van der Waals surface area contributed by atoms with E-state index in [1.807, 2.05) is 11.8 Å². The Balaban J connectivity index is 2.05. The van der Waals surface area contributed by atoms with Crippen LogP contribution in [-0.4, -0.2) is 35.0 Å². The Labute approximate surface area is 83.6 Å². The highest BCUT2D eigenvalue weighted by Crippen LogP contribution is 2.47. The van der Waals surface area contributed by atoms with Crippen molar-refractivity contribution >= 4 is 5.84 Å². The first kappa shape index (κ1) is 9.47. The molecule has 0 aromatic carbocycles. The molecule has 14 heavy (non-hydrogen) atoms. The van der Waals surface area contributed by atoms with E-state index in [0.717, 1.165) is 12.8 Å². The third-order valence-corrected chi connectivity index (χ3v) is 3.31. The molecule has 76 valence electrons. The lowest BCUT2D eigenvalue weighted by atomic mass is 10.1. The molecule has 2 N–H and O–H groups in total. The van der Waals surface area contributed by atoms with E-state index in [4.69, 9.17) is 10.7 Å². The van der Waals surface area contributed by atoms with E-state index in [9.17, 15) is 5.11 Å². The van der Waals surface area contributed by atoms with Crippen LogP contribution in [0.25, 0.3) is 0 Å². The highest BCUT2D eigenvalue weighted by molar-refractivity contribution is 5.90. The first-order chi connectivity index (χ1) is 6.59. The van der Waals surface area contributed by atoms with Crippen LogP contribution in [0.3, 0.4) is 0 Å². The summed E-state index contributed by atoms with van der Waals surface area (Å²) in [4.78, 5) is 1.85. The molecular formula is C10H15N3O. The van der Waals surface area contributed by atoms with Crippen molar-refractivity contribution in [2.45, 2.75) is 25.9 Å². The molecule has 2 atom stereocenters. The van der Waals surface area contributed by atoms with Crippen LogP contribution < -0.4 is 0 Å². The van der Waals surface area contributed by atoms with Crippen LogP contribution in [0.15, 0.2) is 0 Å². The number of aliphatic hydroxyl groups excluding tert-OH is 1. The van der Waals surface area contributed by atoms with Crippen molar-refractivity contribution in [3.05, 3.63) is 0 Å². The molecule has 1 saturated carbocycles. The summed E-state index contributed by atoms with van der Waals surface area (Å²) in [5, 5.41) is 26.4. The summed E-state index contributed by atoms with van der Waals surface area (Å²) in [6.45, 7) is 3.21. The van der Waals surface area contributed by atoms with Crippen molar-refractivity contribution in [1.29, 1.82) is 10.7 Å². The second-order valence-corrected chi connectivity index (χ2v) is 4.49. The molecule has 2 rings (SSSR count). The Morgan fingerprint density at radius 3 is 2.57 bits per heavy atom. The smallest absolute Gasteiger partial charge is 0.117 e. The van der Waals surface area contributed by atoms with Crippen molar-refractivity contribution in [2.75, 3.05) is 13.1 Å². The zero-order valence-corrected chi connectivity index (χ0v) is 8.32. The molecule has 4 nitrogen and oxygen atoms in total. The van der Waals surface area contributed by atoms with Gasteiger partial charge in [-0.15, -0.1) is 0 Å². The Morgan fingerprint density at radius 1 is 1.57 bits per heavy atom. The third-order valence-electron chi connectivity index (χ3n) is 3.31. The number of aliphatic hydroxyl groups is 1. The Kier molecular flexibility index (Phi) is 2.00. The molecule has 2 aliphatic rings. The maximum Gasteiger partial charge on any atom is 0.117 e. The van der Waals surface area contributed by atoms with Gasteiger partial charge in [-0.05, 0) is 12.8 Å². The normalized spacial score (nSPS) is 33.9. The zero-order chi connectivity index (χ0) is 10.3. The molecule has 0 radical (unpaired) electrons. The summed E-state index contributed by atoms with van der Waals surface area (Å²) in [6, 6.07) is 2.21. The summed E-state index contributed by atoms with van der Waals surface area (Å²) < 4.78 is 0. The van der Waals surface area contributed by atoms with Crippen LogP contribution in [0.1, 0.15) is 19.8 Å². The predicted octanol–water partition coefficient (Wildman–Crippen LogP) is 0.580. The average molecular weight is 193 g/mol. The quantitative estimate of drug-likeness (QED) is 0.472. The van der Waals surface area contributed by atoms with Gasteiger partial charge < -0.3 is 10.0 Å². The largest absolute Gasteiger partial charge is 0.391 e. The number of nitrogens with zero attached hydrogens (tertiary/aromatic N) is 2. The molecule has 1 saturated heterocycles. The van der Waals surface area contributed by atoms with E-state index < -0.39 is 5.41 Å². The molecule has 0 amide bonds. The molecule has 4 heteroatoms. The minimum Gasteiger partial charge on any atom is -0.391 e. The van der Waals surface area contributed by atoms with E-state index >= 15 is 0 Å². The molecule has 0 aromatic heterocycles. The van der Waals surface area contributed by atoms with Gasteiger partial charge in [0.15, 0.2) is 0 Å². The van der Waals surface area contributed by atoms with E-state index in [1.54, 1.807) is 0 Å². The zero-order valence-electron chi connectivity index (χ0n) is 8.32. The topological polar surface area (TPSA) is 71.1 Å². The number of amidine groups is 1. The van der Waals surface area contributed by atoms with Gasteiger partial charge in [-0.2, -0.15) is 5.26 Å². The van der Waals surface area contributed by atoms with Crippen LogP contribution in [0.2, 0.25) is 0 Å². The summed E-state index contributed by atoms with van der Waals surface area (Å²) in [6.07, 6.45) is 1.27. The second-order valence-electron chi connectivity index (χ2n) is 4.49. The fourth-order valence-corrected chi connectivity index (χ4v) is 1.96. The van der Waals surface area contributed by atoms with Gasteiger partial charge in [-0.3, -0.25) is 5.41 Å². The molecule has 0 bridgehead atoms. The van der Waals surface area contributed by atoms with Crippen LogP contribution >= 0.6 is 0 Å². The lowest BCUT2D eigenvalue weighted by Gasteiger charge is -2.21. The van der Waals surface area contributed by atoms with Gasteiger partial charge in [0.05, 0.1) is 12.2 Å². The van der Waals surface area contributed by atoms with E-state index in [2.05, 4.69) is 6.07 Å². The average Bonchev–Trinajstić information content (AvgIpc) is 2.90. The summed E-state index contributed by atoms with van der Waals surface area (Å²) >= 11 is 0. The number of nitrogens with one attached hydrogen (secondary N) is 1. The third kappa shape index (κ3) is 1.28. The highest BCUT2D eigenvalue weighted by Gasteiger charge is 2.51. The maximum atomic E-state index is 9.55. The monoisotopic (exact) mass is 193 g/mol. The molecule has 1 aliphatic carbocycles. The van der Waals surface area contributed by atoms with Gasteiger partial charge in [-0.1, -0.05) is 6.92 Å². The minimum atomic E-state index is -0.510. The molecule has 2 unspecified atom stereocenters. The van der Waals surface area contributed by atoms with Crippen molar-refractivity contribution < 1.29 is 5.11 Å². The lowest BCUT2D eigenvalue weighted by Crippen LogP contribution is -2.35. The van der Waals surface area contributed by atoms with Crippen LogP contribution in [0.5, 0.6) is 0 Å². The fourth-order valence-electron chi connectivity index (χ4n) is 1.96. The van der Waals surface area contributed by atoms with Gasteiger partial charge in [0.2, 0.25) is 0 Å². The number of nitriles is 1. The molecule has 1 aliphatic heterocycles. The van der Waals surface area contributed by atoms with Crippen molar-refractivity contribution in [1.82, 2.24) is 4.90 Å². The number of rotatable bonds is 1. The van der Waals surface area contributed by atoms with E-state index in [1.165, 1.54) is 0 Å². The number of hydrogen-bond donors (Lipinski definition) is 2. The van der Waals surface area contributed by atoms with Gasteiger partial charge in [0.1, 0.15) is 11.3 Å². The summed E-state index contributed by atoms with van der Waals surface area (Å²) in [5.74, 6) is 0.633. The SMILES string of the molecule is CC1CN(C(=N)C2(C#N)CC2)CC1O. The lowest BCUT2D eigenvalue weighted by molar-refractivity contribution is 0.152. The van der Waals surface area contributed by atoms with Crippen LogP contribution in [0.4, 0.5) is 0 Å². The first-order valence-electron chi connectivity index (χ1n) is 5.02. The Morgan fingerprint density at radius 2 is 2.21 bits per heavy atom. The van der Waals surface area contributed by atoms with Gasteiger partial charge >= 0.3 is 0 Å². The standard InChI is InChI=1S/C10H15N3O/c1-7-4-13(5-8(7)14)9(12)10(6-11)2-3-10/h7-8,12,14H,2-5H2,1H3. The van der Waals surface area contributed by atoms with Crippen LogP contribution in [0, 0.1) is 28.1 Å². The fraction of sp³-hybridized carbons (Fsp3) is 0.800. The molecule has 0 aromatic rings. The summed E-state index contributed by atoms with van der Waals surface area (Å²) in [5.41, 5.74) is -0.510. The van der Waals surface area contributed by atoms with Gasteiger partial charge in [0, 0.05) is 19.0 Å². The molecule has 1 heterocycles. The predicted molar refractivity (Wildman–Crippen MR) is 51.8 cm³/mol. The highest BCUT2D eigenvalue weighted by atomic mass is 16.3. The molecule has 0 spiro atoms. The second kappa shape index (κ2) is 2.96. The van der Waals surface area contributed by atoms with E-state index in [0.29, 0.717) is 18.9 Å². The minimum absolute atomic E-state index is 0.213. The van der Waals surface area contributed by atoms with E-state index in [-0.39, 0.29) is 12.0 Å². The van der Waals surface area contributed by atoms with Gasteiger partial charge in [-0.25, -0.2) is 0 Å². The summed E-state index contributed by atoms with van der Waals surface area (Å²) in [7, 11) is 0. The maximum absolute atomic E-state index is 9.55. The number of β-amino-alcohol motifs (C(OH)–C–C–N with tert-alkyl or cyclic N) is 1. The molecule has 2 fully saturated rings. The van der Waals surface area contributed by atoms with Crippen molar-refractivity contribution in [3.8, 4) is 6.07 Å².